The molecule has 16 heavy (non-hydrogen) atoms. The van der Waals surface area contributed by atoms with E-state index in [9.17, 15) is 9.50 Å². The highest BCUT2D eigenvalue weighted by Crippen LogP contribution is 2.35. The minimum atomic E-state index is -0.289. The highest BCUT2D eigenvalue weighted by atomic mass is 32.2. The molecule has 1 aliphatic rings. The Morgan fingerprint density at radius 1 is 1.25 bits per heavy atom. The molecule has 1 N–H and O–H groups in total. The van der Waals surface area contributed by atoms with Crippen LogP contribution in [0.15, 0.2) is 23.1 Å². The summed E-state index contributed by atoms with van der Waals surface area (Å²) >= 11 is 1.73. The monoisotopic (exact) mass is 240 g/mol. The maximum absolute atomic E-state index is 13.4. The molecule has 1 aromatic rings. The third kappa shape index (κ3) is 2.77. The Balaban J connectivity index is 2.10. The summed E-state index contributed by atoms with van der Waals surface area (Å²) in [6.07, 6.45) is 6.31. The van der Waals surface area contributed by atoms with Gasteiger partial charge in [-0.3, -0.25) is 0 Å². The molecule has 88 valence electrons. The topological polar surface area (TPSA) is 20.2 Å². The van der Waals surface area contributed by atoms with Gasteiger partial charge in [-0.15, -0.1) is 11.8 Å². The van der Waals surface area contributed by atoms with Crippen molar-refractivity contribution in [3.8, 4) is 0 Å². The Morgan fingerprint density at radius 2 is 2.00 bits per heavy atom. The standard InChI is InChI=1S/C13H17FOS/c14-12-7-4-8-13(11(12)9-15)16-10-5-2-1-3-6-10/h4,7-8,10,15H,1-3,5-6,9H2. The molecule has 0 aliphatic heterocycles. The average Bonchev–Trinajstić information content (AvgIpc) is 2.31. The smallest absolute Gasteiger partial charge is 0.129 e. The normalized spacial score (nSPS) is 17.6. The first kappa shape index (κ1) is 11.9. The Labute approximate surface area is 100 Å². The second-order valence-corrected chi connectivity index (χ2v) is 5.59. The van der Waals surface area contributed by atoms with Crippen LogP contribution >= 0.6 is 11.8 Å². The van der Waals surface area contributed by atoms with E-state index in [2.05, 4.69) is 0 Å². The van der Waals surface area contributed by atoms with Gasteiger partial charge in [0, 0.05) is 15.7 Å². The Hall–Kier alpha value is -0.540. The van der Waals surface area contributed by atoms with Crippen LogP contribution in [0.4, 0.5) is 4.39 Å². The molecule has 0 amide bonds. The number of hydrogen-bond donors (Lipinski definition) is 1. The second kappa shape index (κ2) is 5.69. The first-order valence-electron chi connectivity index (χ1n) is 5.86. The molecule has 0 radical (unpaired) electrons. The van der Waals surface area contributed by atoms with E-state index in [-0.39, 0.29) is 12.4 Å². The molecule has 0 saturated heterocycles. The highest BCUT2D eigenvalue weighted by Gasteiger charge is 2.17. The highest BCUT2D eigenvalue weighted by molar-refractivity contribution is 8.00. The zero-order chi connectivity index (χ0) is 11.4. The zero-order valence-corrected chi connectivity index (χ0v) is 10.1. The maximum Gasteiger partial charge on any atom is 0.129 e. The zero-order valence-electron chi connectivity index (χ0n) is 9.29. The minimum Gasteiger partial charge on any atom is -0.392 e. The fraction of sp³-hybridized carbons (Fsp3) is 0.538. The summed E-state index contributed by atoms with van der Waals surface area (Å²) in [6.45, 7) is -0.207. The fourth-order valence-corrected chi connectivity index (χ4v) is 3.55. The van der Waals surface area contributed by atoms with Crippen molar-refractivity contribution in [1.82, 2.24) is 0 Å². The van der Waals surface area contributed by atoms with Crippen LogP contribution in [0.3, 0.4) is 0 Å². The van der Waals surface area contributed by atoms with Gasteiger partial charge in [-0.1, -0.05) is 25.3 Å². The Morgan fingerprint density at radius 3 is 2.69 bits per heavy atom. The molecule has 0 spiro atoms. The molecular formula is C13H17FOS. The first-order chi connectivity index (χ1) is 7.81. The van der Waals surface area contributed by atoms with Crippen molar-refractivity contribution in [1.29, 1.82) is 0 Å². The molecule has 0 bridgehead atoms. The van der Waals surface area contributed by atoms with Gasteiger partial charge in [0.05, 0.1) is 6.61 Å². The largest absolute Gasteiger partial charge is 0.392 e. The van der Waals surface area contributed by atoms with Gasteiger partial charge in [0.1, 0.15) is 5.82 Å². The fourth-order valence-electron chi connectivity index (χ4n) is 2.17. The van der Waals surface area contributed by atoms with Gasteiger partial charge in [-0.25, -0.2) is 4.39 Å². The molecule has 0 aromatic heterocycles. The molecule has 1 nitrogen and oxygen atoms in total. The van der Waals surface area contributed by atoms with Crippen molar-refractivity contribution in [2.24, 2.45) is 0 Å². The van der Waals surface area contributed by atoms with Gasteiger partial charge in [0.25, 0.3) is 0 Å². The molecule has 2 rings (SSSR count). The van der Waals surface area contributed by atoms with Crippen LogP contribution in [-0.4, -0.2) is 10.4 Å². The number of aliphatic hydroxyl groups is 1. The average molecular weight is 240 g/mol. The van der Waals surface area contributed by atoms with Crippen molar-refractivity contribution in [3.05, 3.63) is 29.6 Å². The van der Waals surface area contributed by atoms with Crippen LogP contribution in [0, 0.1) is 5.82 Å². The van der Waals surface area contributed by atoms with Crippen LogP contribution in [0.2, 0.25) is 0 Å². The molecule has 3 heteroatoms. The SMILES string of the molecule is OCc1c(F)cccc1SC1CCCCC1. The Kier molecular flexibility index (Phi) is 4.24. The molecular weight excluding hydrogens is 223 g/mol. The van der Waals surface area contributed by atoms with Crippen molar-refractivity contribution in [2.45, 2.75) is 48.9 Å². The van der Waals surface area contributed by atoms with Crippen molar-refractivity contribution < 1.29 is 9.50 Å². The van der Waals surface area contributed by atoms with Gasteiger partial charge in [-0.05, 0) is 25.0 Å². The van der Waals surface area contributed by atoms with E-state index >= 15 is 0 Å². The van der Waals surface area contributed by atoms with E-state index < -0.39 is 0 Å². The van der Waals surface area contributed by atoms with E-state index in [1.807, 2.05) is 6.07 Å². The predicted octanol–water partition coefficient (Wildman–Crippen LogP) is 3.74. The van der Waals surface area contributed by atoms with Crippen molar-refractivity contribution in [2.75, 3.05) is 0 Å². The summed E-state index contributed by atoms with van der Waals surface area (Å²) < 4.78 is 13.4. The van der Waals surface area contributed by atoms with Gasteiger partial charge in [-0.2, -0.15) is 0 Å². The third-order valence-corrected chi connectivity index (χ3v) is 4.52. The number of halogens is 1. The minimum absolute atomic E-state index is 0.207. The van der Waals surface area contributed by atoms with E-state index in [1.54, 1.807) is 17.8 Å². The summed E-state index contributed by atoms with van der Waals surface area (Å²) in [7, 11) is 0. The van der Waals surface area contributed by atoms with Crippen LogP contribution in [0.5, 0.6) is 0 Å². The van der Waals surface area contributed by atoms with Gasteiger partial charge in [0.15, 0.2) is 0 Å². The summed E-state index contributed by atoms with van der Waals surface area (Å²) in [4.78, 5) is 0.911. The molecule has 1 aromatic carbocycles. The van der Waals surface area contributed by atoms with E-state index in [4.69, 9.17) is 0 Å². The molecule has 0 unspecified atom stereocenters. The van der Waals surface area contributed by atoms with Crippen LogP contribution < -0.4 is 0 Å². The summed E-state index contributed by atoms with van der Waals surface area (Å²) in [5.74, 6) is -0.289. The molecule has 1 saturated carbocycles. The predicted molar refractivity (Wildman–Crippen MR) is 65.1 cm³/mol. The van der Waals surface area contributed by atoms with Crippen LogP contribution in [0.1, 0.15) is 37.7 Å². The number of benzene rings is 1. The van der Waals surface area contributed by atoms with Crippen LogP contribution in [-0.2, 0) is 6.61 Å². The lowest BCUT2D eigenvalue weighted by molar-refractivity contribution is 0.272. The summed E-state index contributed by atoms with van der Waals surface area (Å²) in [5, 5.41) is 9.77. The molecule has 1 aliphatic carbocycles. The quantitative estimate of drug-likeness (QED) is 0.868. The van der Waals surface area contributed by atoms with Crippen molar-refractivity contribution >= 4 is 11.8 Å². The second-order valence-electron chi connectivity index (χ2n) is 4.25. The summed E-state index contributed by atoms with van der Waals surface area (Å²) in [5.41, 5.74) is 0.457. The third-order valence-electron chi connectivity index (χ3n) is 3.08. The van der Waals surface area contributed by atoms with Crippen molar-refractivity contribution in [3.63, 3.8) is 0 Å². The van der Waals surface area contributed by atoms with Gasteiger partial charge < -0.3 is 5.11 Å². The molecule has 1 fully saturated rings. The van der Waals surface area contributed by atoms with Gasteiger partial charge in [0.2, 0.25) is 0 Å². The maximum atomic E-state index is 13.4. The molecule has 0 atom stereocenters. The summed E-state index contributed by atoms with van der Waals surface area (Å²) in [6, 6.07) is 5.05. The van der Waals surface area contributed by atoms with E-state index in [0.717, 1.165) is 4.90 Å². The lowest BCUT2D eigenvalue weighted by Crippen LogP contribution is -2.08. The number of hydrogen-bond acceptors (Lipinski definition) is 2. The number of rotatable bonds is 3. The lowest BCUT2D eigenvalue weighted by atomic mass is 10.0. The Bertz CT molecular complexity index is 348. The number of aliphatic hydroxyl groups excluding tert-OH is 1. The molecule has 0 heterocycles. The number of thioether (sulfide) groups is 1. The van der Waals surface area contributed by atoms with E-state index in [1.165, 1.54) is 38.2 Å². The first-order valence-corrected chi connectivity index (χ1v) is 6.74. The van der Waals surface area contributed by atoms with E-state index in [0.29, 0.717) is 10.8 Å². The van der Waals surface area contributed by atoms with Gasteiger partial charge >= 0.3 is 0 Å². The lowest BCUT2D eigenvalue weighted by Gasteiger charge is -2.22. The van der Waals surface area contributed by atoms with Crippen LogP contribution in [0.25, 0.3) is 0 Å².